The van der Waals surface area contributed by atoms with Crippen LogP contribution in [-0.2, 0) is 6.18 Å². The standard InChI is InChI=1S/C21H19F3N4O3/c22-21(23,24)16-4-1-2-6-18(16)27-9-13-11-28(12-14(13)10-27)20(31)26-17-5-3-7-25-8-15(17)19(29)30/h1-8,13-14H,9-12H2,(H,29,30). The summed E-state index contributed by atoms with van der Waals surface area (Å²) in [7, 11) is 0. The van der Waals surface area contributed by atoms with Crippen molar-refractivity contribution in [2.45, 2.75) is 6.18 Å². The molecule has 1 N–H and O–H groups in total. The van der Waals surface area contributed by atoms with Gasteiger partial charge in [-0.25, -0.2) is 9.59 Å². The maximum atomic E-state index is 13.3. The second-order valence-electron chi connectivity index (χ2n) is 7.63. The van der Waals surface area contributed by atoms with E-state index in [4.69, 9.17) is 0 Å². The molecule has 2 amide bonds. The van der Waals surface area contributed by atoms with Gasteiger partial charge in [0.15, 0.2) is 0 Å². The Hall–Kier alpha value is -3.43. The lowest BCUT2D eigenvalue weighted by Gasteiger charge is -2.25. The van der Waals surface area contributed by atoms with Crippen molar-refractivity contribution < 1.29 is 27.9 Å². The fraction of sp³-hybridized carbons (Fsp3) is 0.333. The minimum absolute atomic E-state index is 0.00721. The van der Waals surface area contributed by atoms with E-state index in [-0.39, 0.29) is 28.4 Å². The van der Waals surface area contributed by atoms with Crippen molar-refractivity contribution in [3.8, 4) is 0 Å². The highest BCUT2D eigenvalue weighted by Crippen LogP contribution is 2.40. The summed E-state index contributed by atoms with van der Waals surface area (Å²) in [6.07, 6.45) is -1.91. The number of rotatable bonds is 2. The minimum Gasteiger partial charge on any atom is -0.478 e. The Morgan fingerprint density at radius 1 is 1.03 bits per heavy atom. The molecule has 1 aromatic carbocycles. The minimum atomic E-state index is -4.43. The van der Waals surface area contributed by atoms with E-state index in [0.717, 1.165) is 12.3 Å². The van der Waals surface area contributed by atoms with E-state index in [1.165, 1.54) is 35.4 Å². The molecule has 2 aliphatic rings. The van der Waals surface area contributed by atoms with E-state index < -0.39 is 23.7 Å². The lowest BCUT2D eigenvalue weighted by atomic mass is 10.0. The summed E-state index contributed by atoms with van der Waals surface area (Å²) < 4.78 is 40.0. The average molecular weight is 432 g/mol. The van der Waals surface area contributed by atoms with Gasteiger partial charge in [0.2, 0.25) is 0 Å². The highest BCUT2D eigenvalue weighted by molar-refractivity contribution is 5.87. The number of para-hydroxylation sites is 1. The van der Waals surface area contributed by atoms with Crippen LogP contribution in [0.25, 0.3) is 0 Å². The molecular formula is C21H19F3N4O3. The quantitative estimate of drug-likeness (QED) is 0.789. The fourth-order valence-electron chi connectivity index (χ4n) is 4.23. The first-order valence-electron chi connectivity index (χ1n) is 9.66. The molecule has 2 aliphatic heterocycles. The molecule has 0 spiro atoms. The number of likely N-dealkylation sites (tertiary alicyclic amines) is 1. The van der Waals surface area contributed by atoms with Crippen molar-refractivity contribution in [2.75, 3.05) is 31.1 Å². The molecule has 3 heterocycles. The van der Waals surface area contributed by atoms with Crippen LogP contribution >= 0.6 is 0 Å². The fourth-order valence-corrected chi connectivity index (χ4v) is 4.23. The third-order valence-electron chi connectivity index (χ3n) is 5.66. The van der Waals surface area contributed by atoms with Crippen LogP contribution in [0.2, 0.25) is 0 Å². The van der Waals surface area contributed by atoms with Gasteiger partial charge >= 0.3 is 18.2 Å². The molecule has 10 heteroatoms. The van der Waals surface area contributed by atoms with E-state index in [1.54, 1.807) is 11.0 Å². The number of anilines is 1. The molecule has 2 saturated heterocycles. The summed E-state index contributed by atoms with van der Waals surface area (Å²) in [5.41, 5.74) is -0.695. The summed E-state index contributed by atoms with van der Waals surface area (Å²) in [5.74, 6) is -1.20. The van der Waals surface area contributed by atoms with Crippen molar-refractivity contribution >= 4 is 17.7 Å². The normalized spacial score (nSPS) is 21.3. The van der Waals surface area contributed by atoms with Gasteiger partial charge < -0.3 is 14.9 Å². The number of alkyl halides is 3. The zero-order valence-electron chi connectivity index (χ0n) is 16.3. The van der Waals surface area contributed by atoms with Crippen LogP contribution in [0.15, 0.2) is 53.8 Å². The van der Waals surface area contributed by atoms with Crippen LogP contribution in [0.5, 0.6) is 0 Å². The van der Waals surface area contributed by atoms with E-state index in [1.807, 2.05) is 0 Å². The first-order chi connectivity index (χ1) is 14.7. The molecule has 31 heavy (non-hydrogen) atoms. The molecule has 2 unspecified atom stereocenters. The lowest BCUT2D eigenvalue weighted by Crippen LogP contribution is -2.33. The molecule has 2 atom stereocenters. The monoisotopic (exact) mass is 432 g/mol. The van der Waals surface area contributed by atoms with Gasteiger partial charge in [-0.15, -0.1) is 0 Å². The van der Waals surface area contributed by atoms with Gasteiger partial charge in [0.1, 0.15) is 5.56 Å². The summed E-state index contributed by atoms with van der Waals surface area (Å²) in [5, 5.41) is 9.30. The van der Waals surface area contributed by atoms with E-state index >= 15 is 0 Å². The Kier molecular flexibility index (Phi) is 5.38. The van der Waals surface area contributed by atoms with Crippen LogP contribution in [0.3, 0.4) is 0 Å². The largest absolute Gasteiger partial charge is 0.478 e. The predicted octanol–water partition coefficient (Wildman–Crippen LogP) is 2.89. The van der Waals surface area contributed by atoms with Crippen molar-refractivity contribution in [3.05, 3.63) is 65.3 Å². The highest BCUT2D eigenvalue weighted by Gasteiger charge is 2.43. The molecular weight excluding hydrogens is 413 g/mol. The molecule has 4 rings (SSSR count). The summed E-state index contributed by atoms with van der Waals surface area (Å²) >= 11 is 0. The molecule has 2 fully saturated rings. The number of carboxylic acid groups (broad SMARTS) is 1. The number of urea groups is 1. The molecule has 0 radical (unpaired) electrons. The Bertz CT molecular complexity index is 1080. The molecule has 7 nitrogen and oxygen atoms in total. The SMILES string of the molecule is O=C(O)c1cncccc1=NC(=O)N1CC2CN(c3ccccc3C(F)(F)F)CC2C1. The summed E-state index contributed by atoms with van der Waals surface area (Å²) in [6, 6.07) is 7.84. The van der Waals surface area contributed by atoms with E-state index in [0.29, 0.717) is 26.2 Å². The number of fused-ring (bicyclic) bond motifs is 1. The Morgan fingerprint density at radius 3 is 2.35 bits per heavy atom. The van der Waals surface area contributed by atoms with Gasteiger partial charge in [-0.05, 0) is 24.3 Å². The smallest absolute Gasteiger partial charge is 0.418 e. The number of carbonyl (C=O) groups is 2. The van der Waals surface area contributed by atoms with Gasteiger partial charge in [0, 0.05) is 56.1 Å². The van der Waals surface area contributed by atoms with Gasteiger partial charge in [0.05, 0.1) is 10.9 Å². The average Bonchev–Trinajstić information content (AvgIpc) is 3.20. The number of hydrogen-bond acceptors (Lipinski definition) is 4. The number of nitrogens with zero attached hydrogens (tertiary/aromatic N) is 4. The number of amides is 2. The number of aromatic carboxylic acids is 1. The van der Waals surface area contributed by atoms with Gasteiger partial charge in [-0.1, -0.05) is 12.1 Å². The third-order valence-corrected chi connectivity index (χ3v) is 5.66. The Morgan fingerprint density at radius 2 is 1.71 bits per heavy atom. The van der Waals surface area contributed by atoms with Crippen LogP contribution in [0, 0.1) is 11.8 Å². The number of carbonyl (C=O) groups excluding carboxylic acids is 1. The third kappa shape index (κ3) is 4.23. The van der Waals surface area contributed by atoms with Crippen LogP contribution in [0.4, 0.5) is 23.7 Å². The van der Waals surface area contributed by atoms with Gasteiger partial charge in [-0.3, -0.25) is 4.98 Å². The first-order valence-corrected chi connectivity index (χ1v) is 9.66. The first kappa shape index (κ1) is 20.8. The van der Waals surface area contributed by atoms with Crippen molar-refractivity contribution in [2.24, 2.45) is 16.8 Å². The van der Waals surface area contributed by atoms with Crippen molar-refractivity contribution in [1.29, 1.82) is 0 Å². The molecule has 0 aliphatic carbocycles. The van der Waals surface area contributed by atoms with Crippen LogP contribution in [-0.4, -0.2) is 53.2 Å². The second kappa shape index (κ2) is 8.01. The van der Waals surface area contributed by atoms with Crippen LogP contribution in [0.1, 0.15) is 15.9 Å². The Labute approximate surface area is 175 Å². The second-order valence-corrected chi connectivity index (χ2v) is 7.63. The van der Waals surface area contributed by atoms with Gasteiger partial charge in [-0.2, -0.15) is 18.2 Å². The number of carboxylic acids is 1. The van der Waals surface area contributed by atoms with Gasteiger partial charge in [0.25, 0.3) is 0 Å². The number of halogens is 3. The molecule has 2 aromatic rings. The van der Waals surface area contributed by atoms with Crippen LogP contribution < -0.4 is 10.3 Å². The maximum Gasteiger partial charge on any atom is 0.418 e. The van der Waals surface area contributed by atoms with E-state index in [9.17, 15) is 27.9 Å². The predicted molar refractivity (Wildman–Crippen MR) is 104 cm³/mol. The molecule has 0 saturated carbocycles. The topological polar surface area (TPSA) is 86.1 Å². The van der Waals surface area contributed by atoms with E-state index in [2.05, 4.69) is 9.98 Å². The van der Waals surface area contributed by atoms with Crippen molar-refractivity contribution in [1.82, 2.24) is 9.88 Å². The highest BCUT2D eigenvalue weighted by atomic mass is 19.4. The number of benzene rings is 1. The lowest BCUT2D eigenvalue weighted by molar-refractivity contribution is -0.137. The zero-order valence-corrected chi connectivity index (χ0v) is 16.3. The summed E-state index contributed by atoms with van der Waals surface area (Å²) in [6.45, 7) is 1.53. The number of hydrogen-bond donors (Lipinski definition) is 1. The Balaban J connectivity index is 1.50. The summed E-state index contributed by atoms with van der Waals surface area (Å²) in [4.78, 5) is 35.0. The molecule has 1 aromatic heterocycles. The van der Waals surface area contributed by atoms with Crippen molar-refractivity contribution in [3.63, 3.8) is 0 Å². The maximum absolute atomic E-state index is 13.3. The number of aromatic nitrogens is 1. The zero-order chi connectivity index (χ0) is 22.2. The molecule has 0 bridgehead atoms. The molecule has 162 valence electrons.